The molecule has 166 valence electrons. The van der Waals surface area contributed by atoms with Gasteiger partial charge in [0.25, 0.3) is 5.91 Å². The van der Waals surface area contributed by atoms with E-state index in [2.05, 4.69) is 24.5 Å². The van der Waals surface area contributed by atoms with E-state index in [1.165, 1.54) is 0 Å². The number of aryl methyl sites for hydroxylation is 1. The molecule has 2 aromatic carbocycles. The first kappa shape index (κ1) is 24.3. The zero-order chi connectivity index (χ0) is 22.8. The number of amides is 2. The minimum Gasteiger partial charge on any atom is -0.494 e. The summed E-state index contributed by atoms with van der Waals surface area (Å²) in [5.41, 5.74) is 2.30. The standard InChI is InChI=1S/C24H31N3O3S/c1-17(2)14-15-30-21-7-5-6-19(16-21)23(29)26-24(31)25-20-11-8-18(9-12-20)10-13-22(28)27(3)4/h5-9,11-12,16-17H,10,13-15H2,1-4H3,(H2,25,26,29,31). The van der Waals surface area contributed by atoms with Crippen LogP contribution >= 0.6 is 12.2 Å². The fraction of sp³-hybridized carbons (Fsp3) is 0.375. The number of carbonyl (C=O) groups excluding carboxylic acids is 2. The minimum absolute atomic E-state index is 0.0977. The highest BCUT2D eigenvalue weighted by molar-refractivity contribution is 7.80. The molecule has 0 unspecified atom stereocenters. The lowest BCUT2D eigenvalue weighted by Crippen LogP contribution is -2.34. The molecule has 0 saturated carbocycles. The largest absolute Gasteiger partial charge is 0.494 e. The molecule has 0 heterocycles. The molecule has 0 bridgehead atoms. The van der Waals surface area contributed by atoms with E-state index >= 15 is 0 Å². The summed E-state index contributed by atoms with van der Waals surface area (Å²) in [6.07, 6.45) is 2.09. The third-order valence-electron chi connectivity index (χ3n) is 4.63. The van der Waals surface area contributed by atoms with Gasteiger partial charge in [-0.2, -0.15) is 0 Å². The summed E-state index contributed by atoms with van der Waals surface area (Å²) in [5, 5.41) is 5.91. The van der Waals surface area contributed by atoms with Crippen LogP contribution in [0.4, 0.5) is 5.69 Å². The van der Waals surface area contributed by atoms with Gasteiger partial charge in [0.15, 0.2) is 5.11 Å². The zero-order valence-corrected chi connectivity index (χ0v) is 19.4. The van der Waals surface area contributed by atoms with E-state index in [4.69, 9.17) is 17.0 Å². The first-order valence-corrected chi connectivity index (χ1v) is 10.8. The third kappa shape index (κ3) is 8.76. The van der Waals surface area contributed by atoms with Gasteiger partial charge in [0.05, 0.1) is 6.61 Å². The molecule has 0 aliphatic carbocycles. The van der Waals surface area contributed by atoms with Gasteiger partial charge in [0, 0.05) is 31.8 Å². The Morgan fingerprint density at radius 2 is 1.81 bits per heavy atom. The van der Waals surface area contributed by atoms with Crippen LogP contribution in [0.15, 0.2) is 48.5 Å². The first-order valence-electron chi connectivity index (χ1n) is 10.4. The lowest BCUT2D eigenvalue weighted by molar-refractivity contribution is -0.128. The van der Waals surface area contributed by atoms with Crippen LogP contribution in [0.3, 0.4) is 0 Å². The van der Waals surface area contributed by atoms with Gasteiger partial charge in [-0.25, -0.2) is 0 Å². The smallest absolute Gasteiger partial charge is 0.257 e. The van der Waals surface area contributed by atoms with Crippen LogP contribution in [-0.2, 0) is 11.2 Å². The normalized spacial score (nSPS) is 10.5. The van der Waals surface area contributed by atoms with E-state index in [-0.39, 0.29) is 16.9 Å². The van der Waals surface area contributed by atoms with E-state index in [0.29, 0.717) is 36.7 Å². The molecule has 0 radical (unpaired) electrons. The average molecular weight is 442 g/mol. The highest BCUT2D eigenvalue weighted by Crippen LogP contribution is 2.15. The maximum atomic E-state index is 12.5. The van der Waals surface area contributed by atoms with E-state index < -0.39 is 0 Å². The summed E-state index contributed by atoms with van der Waals surface area (Å²) < 4.78 is 5.71. The quantitative estimate of drug-likeness (QED) is 0.569. The fourth-order valence-electron chi connectivity index (χ4n) is 2.71. The second-order valence-electron chi connectivity index (χ2n) is 7.95. The van der Waals surface area contributed by atoms with Crippen LogP contribution in [0, 0.1) is 5.92 Å². The van der Waals surface area contributed by atoms with Crippen molar-refractivity contribution in [2.45, 2.75) is 33.1 Å². The molecule has 2 amide bonds. The van der Waals surface area contributed by atoms with Crippen molar-refractivity contribution in [3.8, 4) is 5.75 Å². The van der Waals surface area contributed by atoms with Crippen molar-refractivity contribution in [2.24, 2.45) is 5.92 Å². The van der Waals surface area contributed by atoms with Crippen LogP contribution in [0.2, 0.25) is 0 Å². The molecule has 7 heteroatoms. The number of nitrogens with zero attached hydrogens (tertiary/aromatic N) is 1. The second-order valence-corrected chi connectivity index (χ2v) is 8.36. The number of hydrogen-bond donors (Lipinski definition) is 2. The van der Waals surface area contributed by atoms with E-state index in [0.717, 1.165) is 17.7 Å². The molecule has 0 spiro atoms. The maximum absolute atomic E-state index is 12.5. The summed E-state index contributed by atoms with van der Waals surface area (Å²) in [7, 11) is 3.50. The number of thiocarbonyl (C=S) groups is 1. The Bertz CT molecular complexity index is 895. The molecule has 0 aromatic heterocycles. The summed E-state index contributed by atoms with van der Waals surface area (Å²) in [4.78, 5) is 25.8. The second kappa shape index (κ2) is 12.1. The van der Waals surface area contributed by atoms with Gasteiger partial charge in [0.1, 0.15) is 5.75 Å². The summed E-state index contributed by atoms with van der Waals surface area (Å²) in [5.74, 6) is 1.02. The molecular formula is C24H31N3O3S. The number of rotatable bonds is 9. The number of ether oxygens (including phenoxy) is 1. The Balaban J connectivity index is 1.85. The zero-order valence-electron chi connectivity index (χ0n) is 18.6. The van der Waals surface area contributed by atoms with Gasteiger partial charge in [-0.3, -0.25) is 14.9 Å². The van der Waals surface area contributed by atoms with Crippen molar-refractivity contribution in [1.29, 1.82) is 0 Å². The Hall–Kier alpha value is -2.93. The summed E-state index contributed by atoms with van der Waals surface area (Å²) in [6, 6.07) is 14.7. The molecule has 0 aliphatic rings. The molecule has 31 heavy (non-hydrogen) atoms. The predicted molar refractivity (Wildman–Crippen MR) is 129 cm³/mol. The Morgan fingerprint density at radius 1 is 1.10 bits per heavy atom. The highest BCUT2D eigenvalue weighted by atomic mass is 32.1. The van der Waals surface area contributed by atoms with Crippen LogP contribution in [0.5, 0.6) is 5.75 Å². The van der Waals surface area contributed by atoms with Gasteiger partial charge < -0.3 is 15.0 Å². The van der Waals surface area contributed by atoms with Crippen LogP contribution in [0.25, 0.3) is 0 Å². The highest BCUT2D eigenvalue weighted by Gasteiger charge is 2.10. The number of hydrogen-bond acceptors (Lipinski definition) is 4. The van der Waals surface area contributed by atoms with Crippen molar-refractivity contribution in [3.05, 3.63) is 59.7 Å². The fourth-order valence-corrected chi connectivity index (χ4v) is 2.92. The van der Waals surface area contributed by atoms with E-state index in [1.54, 1.807) is 37.2 Å². The summed E-state index contributed by atoms with van der Waals surface area (Å²) >= 11 is 5.27. The Morgan fingerprint density at radius 3 is 2.45 bits per heavy atom. The number of anilines is 1. The number of benzene rings is 2. The lowest BCUT2D eigenvalue weighted by atomic mass is 10.1. The van der Waals surface area contributed by atoms with E-state index in [9.17, 15) is 9.59 Å². The van der Waals surface area contributed by atoms with Crippen molar-refractivity contribution < 1.29 is 14.3 Å². The van der Waals surface area contributed by atoms with E-state index in [1.807, 2.05) is 30.3 Å². The third-order valence-corrected chi connectivity index (χ3v) is 4.83. The van der Waals surface area contributed by atoms with Crippen molar-refractivity contribution in [3.63, 3.8) is 0 Å². The van der Waals surface area contributed by atoms with Gasteiger partial charge in [-0.05, 0) is 66.9 Å². The molecule has 0 atom stereocenters. The van der Waals surface area contributed by atoms with Crippen LogP contribution in [0.1, 0.15) is 42.6 Å². The minimum atomic E-state index is -0.300. The predicted octanol–water partition coefficient (Wildman–Crippen LogP) is 4.26. The Labute approximate surface area is 190 Å². The molecular weight excluding hydrogens is 410 g/mol. The maximum Gasteiger partial charge on any atom is 0.257 e. The SMILES string of the molecule is CC(C)CCOc1cccc(C(=O)NC(=S)Nc2ccc(CCC(=O)N(C)C)cc2)c1. The molecule has 0 saturated heterocycles. The van der Waals surface area contributed by atoms with Crippen molar-refractivity contribution in [1.82, 2.24) is 10.2 Å². The number of carbonyl (C=O) groups is 2. The average Bonchev–Trinajstić information content (AvgIpc) is 2.72. The van der Waals surface area contributed by atoms with Crippen LogP contribution in [-0.4, -0.2) is 42.5 Å². The van der Waals surface area contributed by atoms with Crippen LogP contribution < -0.4 is 15.4 Å². The monoisotopic (exact) mass is 441 g/mol. The topological polar surface area (TPSA) is 70.7 Å². The molecule has 2 aromatic rings. The van der Waals surface area contributed by atoms with Crippen molar-refractivity contribution >= 4 is 34.8 Å². The van der Waals surface area contributed by atoms with Gasteiger partial charge in [0.2, 0.25) is 5.91 Å². The van der Waals surface area contributed by atoms with Gasteiger partial charge in [-0.15, -0.1) is 0 Å². The lowest BCUT2D eigenvalue weighted by Gasteiger charge is -2.12. The number of nitrogens with one attached hydrogen (secondary N) is 2. The Kier molecular flexibility index (Phi) is 9.46. The molecule has 6 nitrogen and oxygen atoms in total. The van der Waals surface area contributed by atoms with Gasteiger partial charge >= 0.3 is 0 Å². The van der Waals surface area contributed by atoms with Gasteiger partial charge in [-0.1, -0.05) is 32.0 Å². The molecule has 2 N–H and O–H groups in total. The molecule has 0 fully saturated rings. The van der Waals surface area contributed by atoms with Crippen molar-refractivity contribution in [2.75, 3.05) is 26.0 Å². The molecule has 2 rings (SSSR count). The summed E-state index contributed by atoms with van der Waals surface area (Å²) in [6.45, 7) is 4.89. The first-order chi connectivity index (χ1) is 14.7. The molecule has 0 aliphatic heterocycles.